The van der Waals surface area contributed by atoms with Gasteiger partial charge < -0.3 is 20.1 Å². The van der Waals surface area contributed by atoms with Gasteiger partial charge in [-0.3, -0.25) is 4.90 Å². The third kappa shape index (κ3) is 5.39. The number of benzene rings is 2. The zero-order chi connectivity index (χ0) is 25.1. The number of nitriles is 1. The zero-order valence-corrected chi connectivity index (χ0v) is 22.9. The number of pyridine rings is 1. The van der Waals surface area contributed by atoms with Crippen molar-refractivity contribution in [3.8, 4) is 11.8 Å². The van der Waals surface area contributed by atoms with Crippen molar-refractivity contribution >= 4 is 66.5 Å². The van der Waals surface area contributed by atoms with E-state index in [0.717, 1.165) is 63.8 Å². The third-order valence-corrected chi connectivity index (χ3v) is 7.87. The van der Waals surface area contributed by atoms with Gasteiger partial charge in [-0.25, -0.2) is 4.98 Å². The topological polar surface area (TPSA) is 95.3 Å². The second-order valence-corrected chi connectivity index (χ2v) is 10.6. The number of morpholine rings is 1. The van der Waals surface area contributed by atoms with Crippen LogP contribution >= 0.6 is 33.9 Å². The van der Waals surface area contributed by atoms with E-state index in [4.69, 9.17) is 9.47 Å². The molecule has 0 bridgehead atoms. The highest BCUT2D eigenvalue weighted by atomic mass is 127. The molecule has 1 aliphatic rings. The van der Waals surface area contributed by atoms with Gasteiger partial charge in [-0.1, -0.05) is 23.5 Å². The first-order valence-corrected chi connectivity index (χ1v) is 13.4. The van der Waals surface area contributed by atoms with Gasteiger partial charge >= 0.3 is 0 Å². The fourth-order valence-corrected chi connectivity index (χ4v) is 5.78. The van der Waals surface area contributed by atoms with Crippen LogP contribution in [0.4, 0.5) is 22.2 Å². The van der Waals surface area contributed by atoms with Gasteiger partial charge in [0.1, 0.15) is 16.5 Å². The number of rotatable bonds is 7. The summed E-state index contributed by atoms with van der Waals surface area (Å²) in [6.45, 7) is 6.45. The molecule has 2 N–H and O–H groups in total. The van der Waals surface area contributed by atoms with Gasteiger partial charge in [-0.05, 0) is 58.8 Å². The molecule has 2 aromatic carbocycles. The smallest absolute Gasteiger partial charge is 0.189 e. The molecule has 36 heavy (non-hydrogen) atoms. The van der Waals surface area contributed by atoms with Crippen LogP contribution < -0.4 is 15.4 Å². The molecular weight excluding hydrogens is 587 g/mol. The summed E-state index contributed by atoms with van der Waals surface area (Å²) >= 11 is 3.75. The number of anilines is 4. The first kappa shape index (κ1) is 24.7. The van der Waals surface area contributed by atoms with Crippen molar-refractivity contribution in [2.24, 2.45) is 0 Å². The highest BCUT2D eigenvalue weighted by Crippen LogP contribution is 2.38. The quantitative estimate of drug-likeness (QED) is 0.253. The molecule has 3 heterocycles. The molecule has 1 fully saturated rings. The number of methoxy groups -OCH3 is 1. The highest BCUT2D eigenvalue weighted by molar-refractivity contribution is 14.1. The van der Waals surface area contributed by atoms with Gasteiger partial charge in [-0.2, -0.15) is 10.2 Å². The predicted octanol–water partition coefficient (Wildman–Crippen LogP) is 5.80. The fourth-order valence-electron chi connectivity index (χ4n) is 4.07. The van der Waals surface area contributed by atoms with E-state index in [1.807, 2.05) is 13.0 Å². The molecule has 1 aliphatic heterocycles. The van der Waals surface area contributed by atoms with Crippen LogP contribution in [0.1, 0.15) is 16.7 Å². The maximum Gasteiger partial charge on any atom is 0.189 e. The Morgan fingerprint density at radius 2 is 1.97 bits per heavy atom. The Balaban J connectivity index is 1.39. The van der Waals surface area contributed by atoms with Crippen LogP contribution in [0.3, 0.4) is 0 Å². The SMILES string of the molecule is COc1cc(Nc2c(C#N)cnc3nc(Nc4ccc(CN5CCOCC5)cc4)sc23)c(I)cc1C. The van der Waals surface area contributed by atoms with Crippen molar-refractivity contribution in [2.75, 3.05) is 44.0 Å². The summed E-state index contributed by atoms with van der Waals surface area (Å²) in [6, 6.07) is 14.7. The van der Waals surface area contributed by atoms with E-state index in [1.54, 1.807) is 13.3 Å². The molecule has 4 aromatic rings. The first-order valence-electron chi connectivity index (χ1n) is 11.5. The van der Waals surface area contributed by atoms with Gasteiger partial charge in [-0.15, -0.1) is 0 Å². The van der Waals surface area contributed by atoms with Crippen molar-refractivity contribution in [2.45, 2.75) is 13.5 Å². The average Bonchev–Trinajstić information content (AvgIpc) is 3.30. The number of aryl methyl sites for hydroxylation is 1. The Labute approximate surface area is 227 Å². The molecule has 5 rings (SSSR count). The van der Waals surface area contributed by atoms with E-state index in [0.29, 0.717) is 22.0 Å². The molecule has 0 atom stereocenters. The Morgan fingerprint density at radius 1 is 1.19 bits per heavy atom. The summed E-state index contributed by atoms with van der Waals surface area (Å²) < 4.78 is 12.8. The lowest BCUT2D eigenvalue weighted by molar-refractivity contribution is 0.0342. The maximum absolute atomic E-state index is 9.76. The number of thiazole rings is 1. The van der Waals surface area contributed by atoms with Crippen molar-refractivity contribution < 1.29 is 9.47 Å². The van der Waals surface area contributed by atoms with Crippen LogP contribution in [0.15, 0.2) is 42.6 Å². The normalized spacial score (nSPS) is 13.9. The lowest BCUT2D eigenvalue weighted by Crippen LogP contribution is -2.35. The second kappa shape index (κ2) is 11.0. The number of nitrogens with one attached hydrogen (secondary N) is 2. The Hall–Kier alpha value is -2.98. The zero-order valence-electron chi connectivity index (χ0n) is 20.0. The Morgan fingerprint density at radius 3 is 2.69 bits per heavy atom. The standard InChI is InChI=1S/C26H25IN6O2S/c1-16-11-20(27)21(12-22(16)34-2)31-23-18(13-28)14-29-25-24(23)36-26(32-25)30-19-5-3-17(4-6-19)15-33-7-9-35-10-8-33/h3-6,11-12,14H,7-10,15H2,1-2H3,(H2,29,30,31,32). The number of halogens is 1. The molecule has 0 saturated carbocycles. The van der Waals surface area contributed by atoms with E-state index >= 15 is 0 Å². The molecular formula is C26H25IN6O2S. The number of fused-ring (bicyclic) bond motifs is 1. The predicted molar refractivity (Wildman–Crippen MR) is 152 cm³/mol. The summed E-state index contributed by atoms with van der Waals surface area (Å²) in [4.78, 5) is 11.5. The van der Waals surface area contributed by atoms with Crippen LogP contribution in [-0.4, -0.2) is 48.3 Å². The van der Waals surface area contributed by atoms with Gasteiger partial charge in [0.25, 0.3) is 0 Å². The molecule has 0 radical (unpaired) electrons. The van der Waals surface area contributed by atoms with Gasteiger partial charge in [0.2, 0.25) is 0 Å². The minimum absolute atomic E-state index is 0.459. The number of nitrogens with zero attached hydrogens (tertiary/aromatic N) is 4. The lowest BCUT2D eigenvalue weighted by atomic mass is 10.2. The maximum atomic E-state index is 9.76. The van der Waals surface area contributed by atoms with Crippen LogP contribution in [0.25, 0.3) is 10.3 Å². The van der Waals surface area contributed by atoms with Crippen molar-refractivity contribution in [1.29, 1.82) is 5.26 Å². The van der Waals surface area contributed by atoms with E-state index < -0.39 is 0 Å². The van der Waals surface area contributed by atoms with Gasteiger partial charge in [0.15, 0.2) is 10.8 Å². The molecule has 1 saturated heterocycles. The highest BCUT2D eigenvalue weighted by Gasteiger charge is 2.17. The molecule has 10 heteroatoms. The Kier molecular flexibility index (Phi) is 7.52. The fraction of sp³-hybridized carbons (Fsp3) is 0.269. The average molecular weight is 612 g/mol. The molecule has 0 aliphatic carbocycles. The van der Waals surface area contributed by atoms with E-state index in [-0.39, 0.29) is 0 Å². The molecule has 0 spiro atoms. The summed E-state index contributed by atoms with van der Waals surface area (Å²) in [5, 5.41) is 17.3. The molecule has 0 amide bonds. The van der Waals surface area contributed by atoms with Crippen LogP contribution in [0.5, 0.6) is 5.75 Å². The summed E-state index contributed by atoms with van der Waals surface area (Å²) in [5.41, 5.74) is 5.86. The van der Waals surface area contributed by atoms with E-state index in [1.165, 1.54) is 16.9 Å². The van der Waals surface area contributed by atoms with Crippen molar-refractivity contribution in [3.63, 3.8) is 0 Å². The number of hydrogen-bond acceptors (Lipinski definition) is 9. The van der Waals surface area contributed by atoms with Crippen LogP contribution in [0.2, 0.25) is 0 Å². The van der Waals surface area contributed by atoms with Gasteiger partial charge in [0.05, 0.1) is 37.3 Å². The summed E-state index contributed by atoms with van der Waals surface area (Å²) in [7, 11) is 1.65. The molecule has 8 nitrogen and oxygen atoms in total. The minimum atomic E-state index is 0.459. The largest absolute Gasteiger partial charge is 0.496 e. The second-order valence-electron chi connectivity index (χ2n) is 8.47. The summed E-state index contributed by atoms with van der Waals surface area (Å²) in [6.07, 6.45) is 1.56. The molecule has 0 unspecified atom stereocenters. The van der Waals surface area contributed by atoms with E-state index in [9.17, 15) is 5.26 Å². The third-order valence-electron chi connectivity index (χ3n) is 6.00. The van der Waals surface area contributed by atoms with Gasteiger partial charge in [0, 0.05) is 41.2 Å². The number of ether oxygens (including phenoxy) is 2. The van der Waals surface area contributed by atoms with E-state index in [2.05, 4.69) is 84.5 Å². The first-order chi connectivity index (χ1) is 17.5. The number of hydrogen-bond donors (Lipinski definition) is 2. The van der Waals surface area contributed by atoms with Crippen molar-refractivity contribution in [3.05, 3.63) is 62.9 Å². The van der Waals surface area contributed by atoms with Crippen LogP contribution in [0, 0.1) is 21.8 Å². The molecule has 2 aromatic heterocycles. The lowest BCUT2D eigenvalue weighted by Gasteiger charge is -2.26. The Bertz CT molecular complexity index is 1430. The minimum Gasteiger partial charge on any atom is -0.496 e. The van der Waals surface area contributed by atoms with Crippen molar-refractivity contribution in [1.82, 2.24) is 14.9 Å². The monoisotopic (exact) mass is 612 g/mol. The molecule has 184 valence electrons. The van der Waals surface area contributed by atoms with Crippen LogP contribution in [-0.2, 0) is 11.3 Å². The number of aromatic nitrogens is 2. The summed E-state index contributed by atoms with van der Waals surface area (Å²) in [5.74, 6) is 0.783.